The summed E-state index contributed by atoms with van der Waals surface area (Å²) < 4.78 is 30.3. The van der Waals surface area contributed by atoms with Crippen LogP contribution in [-0.4, -0.2) is 182 Å². The van der Waals surface area contributed by atoms with Crippen molar-refractivity contribution in [3.63, 3.8) is 0 Å². The van der Waals surface area contributed by atoms with Gasteiger partial charge in [-0.3, -0.25) is 28.5 Å². The molecule has 0 fully saturated rings. The number of benzene rings is 1. The van der Waals surface area contributed by atoms with Gasteiger partial charge in [0.1, 0.15) is 35.6 Å². The summed E-state index contributed by atoms with van der Waals surface area (Å²) in [5, 5.41) is 24.9. The molecular weight excluding hydrogens is 1410 g/mol. The minimum Gasteiger partial charge on any atom is -0.480 e. The van der Waals surface area contributed by atoms with Gasteiger partial charge in [-0.25, -0.2) is 14.4 Å². The molecule has 3 rings (SSSR count). The predicted molar refractivity (Wildman–Crippen MR) is 435 cm³/mol. The van der Waals surface area contributed by atoms with E-state index in [0.717, 1.165) is 63.4 Å². The fraction of sp³-hybridized carbons (Fsp3) is 0.768. The number of rotatable bonds is 59. The number of imidazole rings is 1. The summed E-state index contributed by atoms with van der Waals surface area (Å²) in [4.78, 5) is 123. The van der Waals surface area contributed by atoms with E-state index in [1.54, 1.807) is 96.4 Å². The number of amides is 6. The van der Waals surface area contributed by atoms with E-state index in [2.05, 4.69) is 62.3 Å². The minimum absolute atomic E-state index is 0.0664. The van der Waals surface area contributed by atoms with Crippen LogP contribution in [0, 0.1) is 0 Å². The van der Waals surface area contributed by atoms with Crippen LogP contribution in [0.5, 0.6) is 6.01 Å². The van der Waals surface area contributed by atoms with Gasteiger partial charge in [-0.15, -0.1) is 0 Å². The molecular formula is C82H142N12O14S. The lowest BCUT2D eigenvalue weighted by molar-refractivity contribution is -0.157. The van der Waals surface area contributed by atoms with Crippen LogP contribution in [0.2, 0.25) is 0 Å². The number of nitrogens with one attached hydrogen (secondary N) is 5. The van der Waals surface area contributed by atoms with Crippen molar-refractivity contribution in [3.8, 4) is 6.01 Å². The van der Waals surface area contributed by atoms with Crippen molar-refractivity contribution >= 4 is 82.6 Å². The number of nitrogen functional groups attached to an aromatic ring is 1. The molecule has 2 atom stereocenters. The molecule has 0 radical (unpaired) electrons. The molecule has 0 saturated carbocycles. The van der Waals surface area contributed by atoms with Gasteiger partial charge in [-0.2, -0.15) is 26.7 Å². The summed E-state index contributed by atoms with van der Waals surface area (Å²) in [5.74, 6) is -1.41. The highest BCUT2D eigenvalue weighted by Crippen LogP contribution is 2.26. The third-order valence-corrected chi connectivity index (χ3v) is 19.1. The Morgan fingerprint density at radius 1 is 0.523 bits per heavy atom. The molecule has 27 heteroatoms. The van der Waals surface area contributed by atoms with Crippen molar-refractivity contribution in [3.05, 3.63) is 35.4 Å². The van der Waals surface area contributed by atoms with E-state index < -0.39 is 65.0 Å². The summed E-state index contributed by atoms with van der Waals surface area (Å²) in [7, 11) is 0. The second kappa shape index (κ2) is 55.2. The number of hydrogen-bond donors (Lipinski definition) is 7. The molecule has 0 aliphatic carbocycles. The van der Waals surface area contributed by atoms with E-state index in [9.17, 15) is 43.5 Å². The number of aromatic hydroxyl groups is 1. The third kappa shape index (κ3) is 46.2. The lowest BCUT2D eigenvalue weighted by Gasteiger charge is -2.29. The molecule has 0 spiro atoms. The van der Waals surface area contributed by atoms with E-state index >= 15 is 0 Å². The summed E-state index contributed by atoms with van der Waals surface area (Å²) in [5.41, 5.74) is 5.36. The van der Waals surface area contributed by atoms with Crippen LogP contribution in [0.15, 0.2) is 24.3 Å². The van der Waals surface area contributed by atoms with Crippen LogP contribution in [-0.2, 0) is 49.4 Å². The van der Waals surface area contributed by atoms with Crippen molar-refractivity contribution in [2.75, 3.05) is 81.5 Å². The van der Waals surface area contributed by atoms with Crippen LogP contribution < -0.4 is 32.3 Å². The van der Waals surface area contributed by atoms with E-state index in [-0.39, 0.29) is 113 Å². The summed E-state index contributed by atoms with van der Waals surface area (Å²) in [6.07, 6.45) is 32.2. The molecule has 2 aromatic heterocycles. The van der Waals surface area contributed by atoms with Crippen LogP contribution >= 0.6 is 11.8 Å². The number of carbonyl (C=O) groups is 8. The highest BCUT2D eigenvalue weighted by molar-refractivity contribution is 7.99. The molecule has 0 aliphatic heterocycles. The fourth-order valence-electron chi connectivity index (χ4n) is 12.0. The van der Waals surface area contributed by atoms with E-state index in [4.69, 9.17) is 29.4 Å². The zero-order valence-corrected chi connectivity index (χ0v) is 69.7. The maximum atomic E-state index is 14.1. The van der Waals surface area contributed by atoms with Crippen molar-refractivity contribution in [1.29, 1.82) is 0 Å². The predicted octanol–water partition coefficient (Wildman–Crippen LogP) is 16.4. The van der Waals surface area contributed by atoms with Crippen molar-refractivity contribution in [2.45, 2.75) is 337 Å². The average Bonchev–Trinajstić information content (AvgIpc) is 1.64. The molecule has 1 aromatic carbocycles. The SMILES string of the molecule is CCCCCCCCCCCCCCCC(=O)OCC(CSC[C@H](NC(=O)OC(C)(C)C)C(=O)NCCCN(CCCCN(CCCNC(=O)CNC(=O)c1ccc(Cn2c(O)nc3c(N)nc(NCCCC)nc32)cc1)C(=O)OC(C)(C)C)C(=O)OC(C)(C)C)OC(=O)CCCCCCCCCCCCCCC. The van der Waals surface area contributed by atoms with Gasteiger partial charge in [-0.05, 0) is 125 Å². The maximum Gasteiger partial charge on any atom is 0.410 e. The monoisotopic (exact) mass is 1550 g/mol. The Morgan fingerprint density at radius 3 is 1.47 bits per heavy atom. The van der Waals surface area contributed by atoms with Crippen LogP contribution in [0.4, 0.5) is 26.1 Å². The lowest BCUT2D eigenvalue weighted by atomic mass is 10.0. The average molecular weight is 1550 g/mol. The van der Waals surface area contributed by atoms with Crippen LogP contribution in [0.25, 0.3) is 11.2 Å². The zero-order valence-electron chi connectivity index (χ0n) is 68.9. The number of unbranched alkanes of at least 4 members (excludes halogenated alkanes) is 26. The Labute approximate surface area is 657 Å². The standard InChI is InChI=1S/C82H142N12O14S/c1-13-16-19-21-23-25-27-29-31-33-35-37-39-45-68(96)104-60-65(105-69(97)46-40-38-36-34-32-30-28-26-24-22-20-17-14-2)61-109-62-66(88-77(101)106-80(4,5)6)74(99)85-53-44-57-93(79(103)108-82(10,11)12)55-42-41-54-92(78(102)107-81(7,8)9)56-43-52-84-67(95)58-87-73(98)64-49-47-63(48-50-64)59-94-72-70(89-76(94)100)71(83)90-75(91-72)86-51-18-15-3/h47-50,65-66H,13-46,51-62H2,1-12H3,(H,84,95)(H,85,99)(H,87,98)(H,88,101)(H,89,100)(H3,83,86,90,91)/t65?,66-/m0/s1. The van der Waals surface area contributed by atoms with Gasteiger partial charge >= 0.3 is 30.2 Å². The molecule has 26 nitrogen and oxygen atoms in total. The molecule has 2 heterocycles. The molecule has 6 amide bonds. The number of ether oxygens (including phenoxy) is 5. The Bertz CT molecular complexity index is 3080. The van der Waals surface area contributed by atoms with Crippen LogP contribution in [0.3, 0.4) is 0 Å². The van der Waals surface area contributed by atoms with Gasteiger partial charge in [0.15, 0.2) is 17.0 Å². The summed E-state index contributed by atoms with van der Waals surface area (Å²) in [6.45, 7) is 24.0. The number of alkyl carbamates (subject to hydrolysis) is 1. The van der Waals surface area contributed by atoms with Gasteiger partial charge in [0, 0.05) is 75.7 Å². The van der Waals surface area contributed by atoms with Gasteiger partial charge in [0.05, 0.1) is 13.1 Å². The summed E-state index contributed by atoms with van der Waals surface area (Å²) >= 11 is 1.28. The van der Waals surface area contributed by atoms with E-state index in [1.165, 1.54) is 132 Å². The summed E-state index contributed by atoms with van der Waals surface area (Å²) in [6, 6.07) is 5.30. The Hall–Kier alpha value is -7.32. The van der Waals surface area contributed by atoms with Gasteiger partial charge < -0.3 is 70.9 Å². The third-order valence-electron chi connectivity index (χ3n) is 17.9. The van der Waals surface area contributed by atoms with E-state index in [0.29, 0.717) is 55.8 Å². The number of nitrogens with zero attached hydrogens (tertiary/aromatic N) is 6. The first-order valence-electron chi connectivity index (χ1n) is 41.3. The largest absolute Gasteiger partial charge is 0.480 e. The first-order valence-corrected chi connectivity index (χ1v) is 42.4. The Balaban J connectivity index is 1.57. The van der Waals surface area contributed by atoms with Gasteiger partial charge in [-0.1, -0.05) is 193 Å². The molecule has 620 valence electrons. The van der Waals surface area contributed by atoms with Crippen LogP contribution in [0.1, 0.15) is 317 Å². The lowest BCUT2D eigenvalue weighted by Crippen LogP contribution is -2.50. The number of hydrogen-bond acceptors (Lipinski definition) is 20. The first-order chi connectivity index (χ1) is 52.0. The first kappa shape index (κ1) is 95.9. The van der Waals surface area contributed by atoms with Gasteiger partial charge in [0.25, 0.3) is 11.9 Å². The molecule has 0 aliphatic rings. The number of aromatic nitrogens is 4. The molecule has 3 aromatic rings. The normalized spacial score (nSPS) is 12.2. The quantitative estimate of drug-likeness (QED) is 0.0157. The minimum atomic E-state index is -1.08. The molecule has 0 saturated heterocycles. The highest BCUT2D eigenvalue weighted by atomic mass is 32.2. The highest BCUT2D eigenvalue weighted by Gasteiger charge is 2.29. The zero-order chi connectivity index (χ0) is 80.3. The number of nitrogens with two attached hydrogens (primary N) is 1. The second-order valence-electron chi connectivity index (χ2n) is 31.8. The second-order valence-corrected chi connectivity index (χ2v) is 32.8. The Morgan fingerprint density at radius 2 is 0.982 bits per heavy atom. The number of thioether (sulfide) groups is 1. The maximum absolute atomic E-state index is 14.1. The number of esters is 2. The van der Waals surface area contributed by atoms with Crippen molar-refractivity contribution in [2.24, 2.45) is 0 Å². The van der Waals surface area contributed by atoms with E-state index in [1.807, 2.05) is 0 Å². The fourth-order valence-corrected chi connectivity index (χ4v) is 13.0. The number of anilines is 2. The van der Waals surface area contributed by atoms with Crippen molar-refractivity contribution in [1.82, 2.24) is 50.6 Å². The number of carbonyl (C=O) groups excluding carboxylic acids is 8. The van der Waals surface area contributed by atoms with Gasteiger partial charge in [0.2, 0.25) is 17.8 Å². The van der Waals surface area contributed by atoms with Crippen molar-refractivity contribution < 1.29 is 67.1 Å². The molecule has 0 bridgehead atoms. The molecule has 1 unspecified atom stereocenters. The molecule has 109 heavy (non-hydrogen) atoms. The molecule has 8 N–H and O–H groups in total. The topological polar surface area (TPSA) is 339 Å². The Kier molecular flexibility index (Phi) is 48.5. The number of fused-ring (bicyclic) bond motifs is 1. The smallest absolute Gasteiger partial charge is 0.410 e.